The Hall–Kier alpha value is -1.43. The molecule has 1 atom stereocenters. The van der Waals surface area contributed by atoms with E-state index in [0.29, 0.717) is 44.3 Å². The Morgan fingerprint density at radius 1 is 1.56 bits per heavy atom. The largest absolute Gasteiger partial charge is 0.377 e. The molecule has 0 spiro atoms. The van der Waals surface area contributed by atoms with Crippen LogP contribution in [0.4, 0.5) is 0 Å². The van der Waals surface area contributed by atoms with Crippen molar-refractivity contribution in [2.45, 2.75) is 39.2 Å². The number of hydrogen-bond donors (Lipinski definition) is 0. The summed E-state index contributed by atoms with van der Waals surface area (Å²) in [6, 6.07) is 0.178. The highest BCUT2D eigenvalue weighted by Gasteiger charge is 2.23. The number of carbonyl (C=O) groups is 1. The van der Waals surface area contributed by atoms with Gasteiger partial charge in [-0.2, -0.15) is 4.98 Å². The van der Waals surface area contributed by atoms with E-state index in [1.165, 1.54) is 0 Å². The Kier molecular flexibility index (Phi) is 4.30. The van der Waals surface area contributed by atoms with Crippen molar-refractivity contribution >= 4 is 5.91 Å². The van der Waals surface area contributed by atoms with Crippen LogP contribution < -0.4 is 0 Å². The summed E-state index contributed by atoms with van der Waals surface area (Å²) in [4.78, 5) is 18.0. The van der Waals surface area contributed by atoms with Gasteiger partial charge in [-0.05, 0) is 20.3 Å². The first-order valence-electron chi connectivity index (χ1n) is 6.33. The van der Waals surface area contributed by atoms with E-state index in [1.54, 1.807) is 6.92 Å². The SMILES string of the molecule is Cc1noc(CCCC(=O)N2CCOC[C@@H]2C)n1. The molecule has 6 heteroatoms. The molecular weight excluding hydrogens is 234 g/mol. The van der Waals surface area contributed by atoms with Gasteiger partial charge in [-0.25, -0.2) is 0 Å². The Morgan fingerprint density at radius 3 is 3.06 bits per heavy atom. The molecule has 0 aliphatic carbocycles. The molecule has 0 aromatic carbocycles. The first-order valence-corrected chi connectivity index (χ1v) is 6.33. The average molecular weight is 253 g/mol. The molecule has 0 saturated carbocycles. The van der Waals surface area contributed by atoms with Gasteiger partial charge in [0, 0.05) is 19.4 Å². The van der Waals surface area contributed by atoms with Crippen LogP contribution >= 0.6 is 0 Å². The molecule has 1 amide bonds. The van der Waals surface area contributed by atoms with Crippen LogP contribution in [0.25, 0.3) is 0 Å². The van der Waals surface area contributed by atoms with Crippen molar-refractivity contribution in [3.05, 3.63) is 11.7 Å². The van der Waals surface area contributed by atoms with Crippen molar-refractivity contribution in [1.29, 1.82) is 0 Å². The van der Waals surface area contributed by atoms with Crippen LogP contribution in [0, 0.1) is 6.92 Å². The quantitative estimate of drug-likeness (QED) is 0.799. The van der Waals surface area contributed by atoms with Gasteiger partial charge in [-0.15, -0.1) is 0 Å². The molecule has 2 heterocycles. The zero-order valence-electron chi connectivity index (χ0n) is 10.9. The van der Waals surface area contributed by atoms with Gasteiger partial charge in [-0.3, -0.25) is 4.79 Å². The normalized spacial score (nSPS) is 20.1. The molecule has 6 nitrogen and oxygen atoms in total. The van der Waals surface area contributed by atoms with Crippen LogP contribution in [0.3, 0.4) is 0 Å². The summed E-state index contributed by atoms with van der Waals surface area (Å²) in [6.07, 6.45) is 1.92. The molecule has 100 valence electrons. The summed E-state index contributed by atoms with van der Waals surface area (Å²) in [5.74, 6) is 1.43. The zero-order chi connectivity index (χ0) is 13.0. The van der Waals surface area contributed by atoms with Crippen molar-refractivity contribution in [2.75, 3.05) is 19.8 Å². The Bertz CT molecular complexity index is 405. The maximum atomic E-state index is 12.0. The Balaban J connectivity index is 1.74. The third-order valence-corrected chi connectivity index (χ3v) is 3.04. The highest BCUT2D eigenvalue weighted by atomic mass is 16.5. The lowest BCUT2D eigenvalue weighted by Crippen LogP contribution is -2.47. The van der Waals surface area contributed by atoms with Gasteiger partial charge in [0.25, 0.3) is 0 Å². The predicted octanol–water partition coefficient (Wildman–Crippen LogP) is 0.948. The molecule has 0 unspecified atom stereocenters. The fourth-order valence-electron chi connectivity index (χ4n) is 2.07. The molecule has 1 saturated heterocycles. The number of aryl methyl sites for hydroxylation is 2. The number of nitrogens with zero attached hydrogens (tertiary/aromatic N) is 3. The first kappa shape index (κ1) is 13.0. The topological polar surface area (TPSA) is 68.5 Å². The van der Waals surface area contributed by atoms with E-state index in [0.717, 1.165) is 6.42 Å². The van der Waals surface area contributed by atoms with Crippen molar-refractivity contribution in [1.82, 2.24) is 15.0 Å². The average Bonchev–Trinajstić information content (AvgIpc) is 2.75. The summed E-state index contributed by atoms with van der Waals surface area (Å²) >= 11 is 0. The van der Waals surface area contributed by atoms with Crippen molar-refractivity contribution < 1.29 is 14.1 Å². The second-order valence-corrected chi connectivity index (χ2v) is 4.60. The smallest absolute Gasteiger partial charge is 0.226 e. The summed E-state index contributed by atoms with van der Waals surface area (Å²) in [6.45, 7) is 5.76. The molecule has 18 heavy (non-hydrogen) atoms. The maximum Gasteiger partial charge on any atom is 0.226 e. The third-order valence-electron chi connectivity index (χ3n) is 3.04. The van der Waals surface area contributed by atoms with Crippen LogP contribution in [-0.2, 0) is 16.0 Å². The van der Waals surface area contributed by atoms with Crippen LogP contribution in [0.1, 0.15) is 31.5 Å². The second-order valence-electron chi connectivity index (χ2n) is 4.60. The minimum atomic E-state index is 0.178. The second kappa shape index (κ2) is 5.95. The molecular formula is C12H19N3O3. The lowest BCUT2D eigenvalue weighted by Gasteiger charge is -2.33. The number of morpholine rings is 1. The molecule has 1 aliphatic rings. The van der Waals surface area contributed by atoms with E-state index in [2.05, 4.69) is 10.1 Å². The monoisotopic (exact) mass is 253 g/mol. The van der Waals surface area contributed by atoms with Gasteiger partial charge >= 0.3 is 0 Å². The van der Waals surface area contributed by atoms with E-state index in [9.17, 15) is 4.79 Å². The van der Waals surface area contributed by atoms with Crippen molar-refractivity contribution in [3.8, 4) is 0 Å². The summed E-state index contributed by atoms with van der Waals surface area (Å²) in [7, 11) is 0. The minimum Gasteiger partial charge on any atom is -0.377 e. The molecule has 1 aromatic heterocycles. The molecule has 0 radical (unpaired) electrons. The van der Waals surface area contributed by atoms with Gasteiger partial charge in [0.15, 0.2) is 5.82 Å². The van der Waals surface area contributed by atoms with Crippen LogP contribution in [-0.4, -0.2) is 46.7 Å². The Morgan fingerprint density at radius 2 is 2.39 bits per heavy atom. The number of hydrogen-bond acceptors (Lipinski definition) is 5. The van der Waals surface area contributed by atoms with E-state index < -0.39 is 0 Å². The zero-order valence-corrected chi connectivity index (χ0v) is 10.9. The van der Waals surface area contributed by atoms with Crippen molar-refractivity contribution in [3.63, 3.8) is 0 Å². The van der Waals surface area contributed by atoms with Crippen LogP contribution in [0.2, 0.25) is 0 Å². The highest BCUT2D eigenvalue weighted by molar-refractivity contribution is 5.76. The predicted molar refractivity (Wildman–Crippen MR) is 64.0 cm³/mol. The number of aromatic nitrogens is 2. The number of amides is 1. The molecule has 1 fully saturated rings. The van der Waals surface area contributed by atoms with E-state index in [4.69, 9.17) is 9.26 Å². The number of carbonyl (C=O) groups excluding carboxylic acids is 1. The van der Waals surface area contributed by atoms with Crippen LogP contribution in [0.5, 0.6) is 0 Å². The minimum absolute atomic E-state index is 0.178. The molecule has 1 aromatic rings. The fourth-order valence-corrected chi connectivity index (χ4v) is 2.07. The maximum absolute atomic E-state index is 12.0. The van der Waals surface area contributed by atoms with Gasteiger partial charge < -0.3 is 14.2 Å². The highest BCUT2D eigenvalue weighted by Crippen LogP contribution is 2.10. The molecule has 0 bridgehead atoms. The fraction of sp³-hybridized carbons (Fsp3) is 0.750. The lowest BCUT2D eigenvalue weighted by atomic mass is 10.2. The summed E-state index contributed by atoms with van der Waals surface area (Å²) in [5.41, 5.74) is 0. The molecule has 1 aliphatic heterocycles. The van der Waals surface area contributed by atoms with E-state index in [1.807, 2.05) is 11.8 Å². The number of ether oxygens (including phenoxy) is 1. The van der Waals surface area contributed by atoms with Gasteiger partial charge in [0.2, 0.25) is 11.8 Å². The molecule has 2 rings (SSSR count). The van der Waals surface area contributed by atoms with Gasteiger partial charge in [0.05, 0.1) is 19.3 Å². The molecule has 0 N–H and O–H groups in total. The van der Waals surface area contributed by atoms with Crippen LogP contribution in [0.15, 0.2) is 4.52 Å². The van der Waals surface area contributed by atoms with E-state index in [-0.39, 0.29) is 11.9 Å². The van der Waals surface area contributed by atoms with Gasteiger partial charge in [0.1, 0.15) is 0 Å². The van der Waals surface area contributed by atoms with Crippen molar-refractivity contribution in [2.24, 2.45) is 0 Å². The summed E-state index contributed by atoms with van der Waals surface area (Å²) in [5, 5.41) is 3.72. The lowest BCUT2D eigenvalue weighted by molar-refractivity contribution is -0.139. The third kappa shape index (κ3) is 3.29. The first-order chi connectivity index (χ1) is 8.66. The summed E-state index contributed by atoms with van der Waals surface area (Å²) < 4.78 is 10.3. The Labute approximate surface area is 106 Å². The standard InChI is InChI=1S/C12H19N3O3/c1-9-8-17-7-6-15(9)12(16)5-3-4-11-13-10(2)14-18-11/h9H,3-8H2,1-2H3/t9-/m0/s1. The van der Waals surface area contributed by atoms with E-state index >= 15 is 0 Å². The number of rotatable bonds is 4. The van der Waals surface area contributed by atoms with Gasteiger partial charge in [-0.1, -0.05) is 5.16 Å².